The van der Waals surface area contributed by atoms with E-state index < -0.39 is 11.6 Å². The predicted molar refractivity (Wildman–Crippen MR) is 65.7 cm³/mol. The normalized spacial score (nSPS) is 29.0. The Kier molecular flexibility index (Phi) is 4.91. The number of hydrogen-bond donors (Lipinski definition) is 3. The quantitative estimate of drug-likeness (QED) is 0.652. The van der Waals surface area contributed by atoms with Crippen LogP contribution in [0, 0.1) is 0 Å². The van der Waals surface area contributed by atoms with Crippen molar-refractivity contribution in [1.29, 1.82) is 0 Å². The van der Waals surface area contributed by atoms with Gasteiger partial charge >= 0.3 is 5.97 Å². The number of nitrogens with two attached hydrogens (primary N) is 1. The lowest BCUT2D eigenvalue weighted by molar-refractivity contribution is -0.159. The topological polar surface area (TPSA) is 86.8 Å². The number of hydrogen-bond acceptors (Lipinski definition) is 4. The summed E-state index contributed by atoms with van der Waals surface area (Å²) >= 11 is 0. The van der Waals surface area contributed by atoms with Crippen molar-refractivity contribution in [2.24, 2.45) is 5.73 Å². The standard InChI is InChI=1S/C12H24N2O3/c1-3-14(8-12(2,17)11(15)16)10-6-4-9(13)5-7-10/h9-10,17H,3-8,13H2,1-2H3,(H,15,16). The van der Waals surface area contributed by atoms with Gasteiger partial charge in [-0.1, -0.05) is 6.92 Å². The Morgan fingerprint density at radius 2 is 1.94 bits per heavy atom. The zero-order chi connectivity index (χ0) is 13.1. The van der Waals surface area contributed by atoms with E-state index in [1.165, 1.54) is 6.92 Å². The fraction of sp³-hybridized carbons (Fsp3) is 0.917. The Morgan fingerprint density at radius 3 is 2.35 bits per heavy atom. The summed E-state index contributed by atoms with van der Waals surface area (Å²) in [7, 11) is 0. The molecule has 1 aliphatic rings. The molecule has 100 valence electrons. The zero-order valence-corrected chi connectivity index (χ0v) is 10.7. The molecule has 0 aromatic heterocycles. The van der Waals surface area contributed by atoms with Crippen LogP contribution in [0.15, 0.2) is 0 Å². The van der Waals surface area contributed by atoms with E-state index in [4.69, 9.17) is 10.8 Å². The summed E-state index contributed by atoms with van der Waals surface area (Å²) in [6.45, 7) is 4.28. The van der Waals surface area contributed by atoms with Crippen molar-refractivity contribution < 1.29 is 15.0 Å². The highest BCUT2D eigenvalue weighted by molar-refractivity contribution is 5.76. The minimum atomic E-state index is -1.67. The minimum absolute atomic E-state index is 0.179. The van der Waals surface area contributed by atoms with E-state index in [0.29, 0.717) is 6.04 Å². The first-order valence-electron chi connectivity index (χ1n) is 6.32. The van der Waals surface area contributed by atoms with Crippen LogP contribution in [0.4, 0.5) is 0 Å². The highest BCUT2D eigenvalue weighted by atomic mass is 16.4. The Bertz CT molecular complexity index is 260. The molecule has 17 heavy (non-hydrogen) atoms. The molecule has 1 atom stereocenters. The molecule has 1 unspecified atom stereocenters. The Balaban J connectivity index is 2.56. The van der Waals surface area contributed by atoms with Crippen LogP contribution in [-0.4, -0.2) is 51.9 Å². The number of nitrogens with zero attached hydrogens (tertiary/aromatic N) is 1. The molecule has 0 saturated heterocycles. The summed E-state index contributed by atoms with van der Waals surface area (Å²) in [4.78, 5) is 13.0. The van der Waals surface area contributed by atoms with Gasteiger partial charge in [-0.25, -0.2) is 4.79 Å². The van der Waals surface area contributed by atoms with Crippen LogP contribution in [0.2, 0.25) is 0 Å². The molecule has 1 fully saturated rings. The Labute approximate surface area is 103 Å². The third-order valence-electron chi connectivity index (χ3n) is 3.64. The molecule has 4 N–H and O–H groups in total. The van der Waals surface area contributed by atoms with E-state index in [2.05, 4.69) is 4.90 Å². The third kappa shape index (κ3) is 3.94. The molecule has 1 rings (SSSR count). The minimum Gasteiger partial charge on any atom is -0.479 e. The van der Waals surface area contributed by atoms with Crippen molar-refractivity contribution >= 4 is 5.97 Å². The summed E-state index contributed by atoms with van der Waals surface area (Å²) in [5, 5.41) is 18.7. The monoisotopic (exact) mass is 244 g/mol. The van der Waals surface area contributed by atoms with Crippen LogP contribution in [0.5, 0.6) is 0 Å². The van der Waals surface area contributed by atoms with Gasteiger partial charge in [0.1, 0.15) is 0 Å². The summed E-state index contributed by atoms with van der Waals surface area (Å²) < 4.78 is 0. The molecule has 1 aliphatic carbocycles. The first kappa shape index (κ1) is 14.4. The SMILES string of the molecule is CCN(CC(C)(O)C(=O)O)C1CCC(N)CC1. The highest BCUT2D eigenvalue weighted by Gasteiger charge is 2.34. The van der Waals surface area contributed by atoms with Crippen LogP contribution < -0.4 is 5.73 Å². The van der Waals surface area contributed by atoms with Crippen molar-refractivity contribution in [2.45, 2.75) is 57.2 Å². The summed E-state index contributed by atoms with van der Waals surface area (Å²) in [6, 6.07) is 0.635. The molecule has 0 heterocycles. The second-order valence-electron chi connectivity index (χ2n) is 5.21. The van der Waals surface area contributed by atoms with Gasteiger partial charge in [-0.3, -0.25) is 4.90 Å². The Hall–Kier alpha value is -0.650. The second-order valence-corrected chi connectivity index (χ2v) is 5.21. The number of carbonyl (C=O) groups is 1. The molecule has 0 radical (unpaired) electrons. The molecule has 0 aliphatic heterocycles. The maximum Gasteiger partial charge on any atom is 0.336 e. The van der Waals surface area contributed by atoms with E-state index in [1.807, 2.05) is 6.92 Å². The first-order chi connectivity index (χ1) is 7.86. The molecule has 0 spiro atoms. The smallest absolute Gasteiger partial charge is 0.336 e. The van der Waals surface area contributed by atoms with Crippen LogP contribution in [0.3, 0.4) is 0 Å². The highest BCUT2D eigenvalue weighted by Crippen LogP contribution is 2.23. The number of carboxylic acids is 1. The molecule has 0 aromatic carbocycles. The number of aliphatic hydroxyl groups is 1. The van der Waals surface area contributed by atoms with Crippen molar-refractivity contribution in [1.82, 2.24) is 4.90 Å². The first-order valence-corrected chi connectivity index (χ1v) is 6.32. The van der Waals surface area contributed by atoms with Gasteiger partial charge in [0.05, 0.1) is 0 Å². The van der Waals surface area contributed by atoms with Gasteiger partial charge in [0.2, 0.25) is 0 Å². The maximum absolute atomic E-state index is 10.9. The lowest BCUT2D eigenvalue weighted by Crippen LogP contribution is -2.51. The maximum atomic E-state index is 10.9. The summed E-state index contributed by atoms with van der Waals surface area (Å²) in [6.07, 6.45) is 3.95. The lowest BCUT2D eigenvalue weighted by Gasteiger charge is -2.38. The second kappa shape index (κ2) is 5.80. The molecular weight excluding hydrogens is 220 g/mol. The van der Waals surface area contributed by atoms with Crippen molar-refractivity contribution in [3.8, 4) is 0 Å². The fourth-order valence-corrected chi connectivity index (χ4v) is 2.43. The Morgan fingerprint density at radius 1 is 1.41 bits per heavy atom. The fourth-order valence-electron chi connectivity index (χ4n) is 2.43. The van der Waals surface area contributed by atoms with E-state index in [1.54, 1.807) is 0 Å². The van der Waals surface area contributed by atoms with Crippen LogP contribution >= 0.6 is 0 Å². The molecule has 0 amide bonds. The third-order valence-corrected chi connectivity index (χ3v) is 3.64. The number of likely N-dealkylation sites (N-methyl/N-ethyl adjacent to an activating group) is 1. The summed E-state index contributed by atoms with van der Waals surface area (Å²) in [5.74, 6) is -1.16. The van der Waals surface area contributed by atoms with Gasteiger partial charge in [-0.2, -0.15) is 0 Å². The average Bonchev–Trinajstić information content (AvgIpc) is 2.27. The van der Waals surface area contributed by atoms with Gasteiger partial charge in [0.15, 0.2) is 5.60 Å². The molecule has 5 nitrogen and oxygen atoms in total. The predicted octanol–water partition coefficient (Wildman–Crippen LogP) is 0.414. The number of aliphatic carboxylic acids is 1. The van der Waals surface area contributed by atoms with E-state index in [0.717, 1.165) is 32.2 Å². The van der Waals surface area contributed by atoms with Crippen LogP contribution in [0.1, 0.15) is 39.5 Å². The van der Waals surface area contributed by atoms with Gasteiger partial charge in [0.25, 0.3) is 0 Å². The van der Waals surface area contributed by atoms with E-state index >= 15 is 0 Å². The van der Waals surface area contributed by atoms with Gasteiger partial charge < -0.3 is 15.9 Å². The average molecular weight is 244 g/mol. The van der Waals surface area contributed by atoms with Gasteiger partial charge in [-0.05, 0) is 39.2 Å². The van der Waals surface area contributed by atoms with Crippen LogP contribution in [-0.2, 0) is 4.79 Å². The largest absolute Gasteiger partial charge is 0.479 e. The number of carboxylic acid groups (broad SMARTS) is 1. The van der Waals surface area contributed by atoms with Gasteiger partial charge in [0, 0.05) is 18.6 Å². The lowest BCUT2D eigenvalue weighted by atomic mass is 9.90. The van der Waals surface area contributed by atoms with Crippen molar-refractivity contribution in [3.05, 3.63) is 0 Å². The van der Waals surface area contributed by atoms with Crippen molar-refractivity contribution in [2.75, 3.05) is 13.1 Å². The molecule has 0 aromatic rings. The molecular formula is C12H24N2O3. The van der Waals surface area contributed by atoms with Gasteiger partial charge in [-0.15, -0.1) is 0 Å². The van der Waals surface area contributed by atoms with E-state index in [9.17, 15) is 9.90 Å². The van der Waals surface area contributed by atoms with Crippen molar-refractivity contribution in [3.63, 3.8) is 0 Å². The summed E-state index contributed by atoms with van der Waals surface area (Å²) in [5.41, 5.74) is 4.18. The number of rotatable bonds is 5. The molecule has 0 bridgehead atoms. The molecule has 5 heteroatoms. The molecule has 1 saturated carbocycles. The zero-order valence-electron chi connectivity index (χ0n) is 10.7. The van der Waals surface area contributed by atoms with Crippen LogP contribution in [0.25, 0.3) is 0 Å². The van der Waals surface area contributed by atoms with E-state index in [-0.39, 0.29) is 12.6 Å².